The third-order valence-electron chi connectivity index (χ3n) is 3.14. The number of carbonyl (C=O) groups is 3. The van der Waals surface area contributed by atoms with Crippen molar-refractivity contribution in [1.82, 2.24) is 9.91 Å². The molecule has 2 atom stereocenters. The number of fused-ring (bicyclic) bond motifs is 1. The second kappa shape index (κ2) is 6.20. The molecule has 2 amide bonds. The molecule has 1 aromatic rings. The molecule has 2 unspecified atom stereocenters. The Balaban J connectivity index is 2.08. The van der Waals surface area contributed by atoms with Crippen LogP contribution in [0.2, 0.25) is 0 Å². The van der Waals surface area contributed by atoms with Crippen LogP contribution in [-0.4, -0.2) is 52.6 Å². The van der Waals surface area contributed by atoms with Crippen LogP contribution >= 0.6 is 0 Å². The van der Waals surface area contributed by atoms with Crippen LogP contribution in [-0.2, 0) is 9.63 Å². The van der Waals surface area contributed by atoms with Gasteiger partial charge >= 0.3 is 5.97 Å². The Morgan fingerprint density at radius 1 is 1.36 bits per heavy atom. The maximum Gasteiger partial charge on any atom is 0.323 e. The average Bonchev–Trinajstić information content (AvgIpc) is 2.70. The van der Waals surface area contributed by atoms with Crippen LogP contribution in [0.3, 0.4) is 0 Å². The normalized spacial score (nSPS) is 16.8. The fourth-order valence-electron chi connectivity index (χ4n) is 2.09. The molecule has 2 N–H and O–H groups in total. The van der Waals surface area contributed by atoms with E-state index in [2.05, 4.69) is 0 Å². The summed E-state index contributed by atoms with van der Waals surface area (Å²) < 4.78 is 0. The summed E-state index contributed by atoms with van der Waals surface area (Å²) in [6.45, 7) is 0.821. The van der Waals surface area contributed by atoms with Crippen molar-refractivity contribution in [2.45, 2.75) is 13.2 Å². The first-order valence-electron chi connectivity index (χ1n) is 6.43. The quantitative estimate of drug-likeness (QED) is 0.505. The lowest BCUT2D eigenvalue weighted by molar-refractivity contribution is -1.15. The van der Waals surface area contributed by atoms with Gasteiger partial charge in [-0.2, -0.15) is 4.84 Å². The molecule has 0 radical (unpaired) electrons. The van der Waals surface area contributed by atoms with Crippen molar-refractivity contribution in [2.75, 3.05) is 13.6 Å². The molecular formula is C13H15N3O6. The van der Waals surface area contributed by atoms with Gasteiger partial charge in [-0.05, 0) is 19.1 Å². The highest BCUT2D eigenvalue weighted by molar-refractivity contribution is 6.21. The maximum absolute atomic E-state index is 12.2. The third kappa shape index (κ3) is 2.97. The summed E-state index contributed by atoms with van der Waals surface area (Å²) in [5.74, 6) is -2.31. The third-order valence-corrected chi connectivity index (χ3v) is 3.14. The van der Waals surface area contributed by atoms with Crippen molar-refractivity contribution in [3.05, 3.63) is 40.6 Å². The molecule has 0 fully saturated rings. The topological polar surface area (TPSA) is 115 Å². The minimum Gasteiger partial charge on any atom is -0.579 e. The fourth-order valence-corrected chi connectivity index (χ4v) is 2.09. The summed E-state index contributed by atoms with van der Waals surface area (Å²) in [4.78, 5) is 40.7. The van der Waals surface area contributed by atoms with E-state index in [1.165, 1.54) is 26.1 Å². The lowest BCUT2D eigenvalue weighted by Gasteiger charge is -2.31. The number of aliphatic carboxylic acids is 1. The van der Waals surface area contributed by atoms with Crippen molar-refractivity contribution in [1.29, 1.82) is 0 Å². The van der Waals surface area contributed by atoms with Crippen LogP contribution in [0.5, 0.6) is 0 Å². The highest BCUT2D eigenvalue weighted by Gasteiger charge is 2.40. The second-order valence-corrected chi connectivity index (χ2v) is 4.76. The number of likely N-dealkylation sites (N-methyl/N-ethyl adjacent to an activating group) is 1. The van der Waals surface area contributed by atoms with Crippen LogP contribution in [0.1, 0.15) is 27.6 Å². The number of carboxylic acids is 1. The summed E-state index contributed by atoms with van der Waals surface area (Å²) in [5.41, 5.74) is 0.489. The number of amides is 2. The minimum atomic E-state index is -1.20. The number of hydrogen-bond acceptors (Lipinski definition) is 6. The molecule has 9 heteroatoms. The zero-order chi connectivity index (χ0) is 16.4. The summed E-state index contributed by atoms with van der Waals surface area (Å²) in [6, 6.07) is 6.29. The van der Waals surface area contributed by atoms with E-state index in [4.69, 9.17) is 9.94 Å². The summed E-state index contributed by atoms with van der Waals surface area (Å²) >= 11 is 0. The molecule has 1 aliphatic rings. The predicted molar refractivity (Wildman–Crippen MR) is 72.1 cm³/mol. The van der Waals surface area contributed by atoms with Crippen LogP contribution in [0.15, 0.2) is 24.3 Å². The van der Waals surface area contributed by atoms with Gasteiger partial charge in [0.2, 0.25) is 0 Å². The lowest BCUT2D eigenvalue weighted by Crippen LogP contribution is -3.13. The smallest absolute Gasteiger partial charge is 0.323 e. The van der Waals surface area contributed by atoms with Gasteiger partial charge in [-0.25, -0.2) is 4.90 Å². The second-order valence-electron chi connectivity index (χ2n) is 4.76. The minimum absolute atomic E-state index is 0.245. The van der Waals surface area contributed by atoms with E-state index in [9.17, 15) is 19.6 Å². The molecule has 0 aromatic heterocycles. The van der Waals surface area contributed by atoms with Crippen molar-refractivity contribution in [3.8, 4) is 0 Å². The van der Waals surface area contributed by atoms with E-state index in [0.29, 0.717) is 0 Å². The Hall–Kier alpha value is -2.33. The SMILES string of the molecule is CC(O[NH+]([O-])N(C)CC(=O)O)N1C(=O)c2ccccc2C1=O. The zero-order valence-electron chi connectivity index (χ0n) is 12.0. The summed E-state index contributed by atoms with van der Waals surface area (Å²) in [6.07, 6.45) is -1.14. The average molecular weight is 309 g/mol. The van der Waals surface area contributed by atoms with Gasteiger partial charge in [0.25, 0.3) is 11.8 Å². The van der Waals surface area contributed by atoms with Crippen molar-refractivity contribution < 1.29 is 29.7 Å². The number of carbonyl (C=O) groups excluding carboxylic acids is 2. The highest BCUT2D eigenvalue weighted by atomic mass is 16.9. The Labute approximate surface area is 125 Å². The van der Waals surface area contributed by atoms with E-state index in [0.717, 1.165) is 9.91 Å². The number of nitrogens with one attached hydrogen (secondary N) is 1. The Kier molecular flexibility index (Phi) is 4.52. The first-order valence-corrected chi connectivity index (χ1v) is 6.43. The first kappa shape index (κ1) is 16.0. The Morgan fingerprint density at radius 3 is 2.32 bits per heavy atom. The first-order chi connectivity index (χ1) is 10.3. The molecule has 0 saturated heterocycles. The molecule has 22 heavy (non-hydrogen) atoms. The highest BCUT2D eigenvalue weighted by Crippen LogP contribution is 2.24. The van der Waals surface area contributed by atoms with Gasteiger partial charge in [0.05, 0.1) is 11.1 Å². The van der Waals surface area contributed by atoms with Crippen LogP contribution in [0.25, 0.3) is 0 Å². The standard InChI is InChI=1S/C13H15N3O6/c1-8(22-16(21)14(2)7-11(17)18)15-12(19)9-5-3-4-6-10(9)13(15)20/h3-6,8,16H,7H2,1-2H3,(H,17,18). The lowest BCUT2D eigenvalue weighted by atomic mass is 10.1. The van der Waals surface area contributed by atoms with E-state index < -0.39 is 35.9 Å². The molecule has 0 bridgehead atoms. The van der Waals surface area contributed by atoms with Crippen molar-refractivity contribution >= 4 is 17.8 Å². The molecule has 1 aliphatic heterocycles. The molecular weight excluding hydrogens is 294 g/mol. The predicted octanol–water partition coefficient (Wildman–Crippen LogP) is -1.13. The monoisotopic (exact) mass is 309 g/mol. The van der Waals surface area contributed by atoms with E-state index >= 15 is 0 Å². The molecule has 0 saturated carbocycles. The number of imide groups is 1. The molecule has 0 spiro atoms. The van der Waals surface area contributed by atoms with Gasteiger partial charge in [0, 0.05) is 7.05 Å². The molecule has 1 heterocycles. The van der Waals surface area contributed by atoms with Crippen LogP contribution in [0, 0.1) is 5.21 Å². The van der Waals surface area contributed by atoms with Crippen LogP contribution < -0.4 is 5.34 Å². The zero-order valence-corrected chi connectivity index (χ0v) is 12.0. The molecule has 9 nitrogen and oxygen atoms in total. The van der Waals surface area contributed by atoms with Gasteiger partial charge in [-0.1, -0.05) is 12.1 Å². The number of quaternary nitrogens is 1. The van der Waals surface area contributed by atoms with Crippen molar-refractivity contribution in [2.24, 2.45) is 0 Å². The van der Waals surface area contributed by atoms with E-state index in [-0.39, 0.29) is 11.1 Å². The summed E-state index contributed by atoms with van der Waals surface area (Å²) in [7, 11) is 1.24. The van der Waals surface area contributed by atoms with Crippen LogP contribution in [0.4, 0.5) is 0 Å². The fraction of sp³-hybridized carbons (Fsp3) is 0.308. The number of benzene rings is 1. The van der Waals surface area contributed by atoms with Gasteiger partial charge in [0.15, 0.2) is 6.23 Å². The maximum atomic E-state index is 12.2. The molecule has 0 aliphatic carbocycles. The molecule has 1 aromatic carbocycles. The van der Waals surface area contributed by atoms with Gasteiger partial charge in [-0.15, -0.1) is 10.3 Å². The van der Waals surface area contributed by atoms with Gasteiger partial charge in [-0.3, -0.25) is 14.4 Å². The molecule has 118 valence electrons. The molecule has 2 rings (SSSR count). The van der Waals surface area contributed by atoms with Gasteiger partial charge < -0.3 is 10.3 Å². The Morgan fingerprint density at radius 2 is 1.86 bits per heavy atom. The van der Waals surface area contributed by atoms with E-state index in [1.54, 1.807) is 12.1 Å². The number of nitrogens with zero attached hydrogens (tertiary/aromatic N) is 2. The Bertz CT molecular complexity index is 585. The number of carboxylic acid groups (broad SMARTS) is 1. The number of rotatable bonds is 6. The largest absolute Gasteiger partial charge is 0.579 e. The van der Waals surface area contributed by atoms with Crippen molar-refractivity contribution in [3.63, 3.8) is 0 Å². The number of hydrogen-bond donors (Lipinski definition) is 2. The van der Waals surface area contributed by atoms with Gasteiger partial charge in [0.1, 0.15) is 6.54 Å². The summed E-state index contributed by atoms with van der Waals surface area (Å²) in [5, 5.41) is 20.2. The van der Waals surface area contributed by atoms with E-state index in [1.807, 2.05) is 0 Å².